The van der Waals surface area contributed by atoms with Gasteiger partial charge in [-0.05, 0) is 13.5 Å². The van der Waals surface area contributed by atoms with Crippen molar-refractivity contribution >= 4 is 17.3 Å². The summed E-state index contributed by atoms with van der Waals surface area (Å²) in [6.07, 6.45) is 0. The van der Waals surface area contributed by atoms with Gasteiger partial charge in [0.15, 0.2) is 5.69 Å². The first-order valence-electron chi connectivity index (χ1n) is 4.44. The van der Waals surface area contributed by atoms with Crippen molar-refractivity contribution < 1.29 is 9.53 Å². The Morgan fingerprint density at radius 1 is 1.64 bits per heavy atom. The van der Waals surface area contributed by atoms with Crippen molar-refractivity contribution in [2.45, 2.75) is 20.4 Å². The summed E-state index contributed by atoms with van der Waals surface area (Å²) in [5, 5.41) is 4.08. The minimum Gasteiger partial charge on any atom is -0.464 e. The topological polar surface area (TPSA) is 51.2 Å². The molecule has 0 radical (unpaired) electrons. The Bertz CT molecular complexity index is 323. The van der Waals surface area contributed by atoms with Gasteiger partial charge in [-0.25, -0.2) is 9.78 Å². The number of carbonyl (C=O) groups excluding carboxylic acids is 1. The fourth-order valence-corrected chi connectivity index (χ4v) is 1.94. The Hall–Kier alpha value is -0.940. The summed E-state index contributed by atoms with van der Waals surface area (Å²) >= 11 is 1.52. The molecule has 0 aliphatic carbocycles. The molecule has 0 saturated heterocycles. The summed E-state index contributed by atoms with van der Waals surface area (Å²) in [6, 6.07) is 0. The number of nitrogens with zero attached hydrogens (tertiary/aromatic N) is 1. The molecule has 0 aromatic carbocycles. The van der Waals surface area contributed by atoms with E-state index in [1.54, 1.807) is 0 Å². The monoisotopic (exact) mass is 214 g/mol. The van der Waals surface area contributed by atoms with E-state index in [1.165, 1.54) is 18.4 Å². The number of hydrogen-bond acceptors (Lipinski definition) is 5. The van der Waals surface area contributed by atoms with Crippen LogP contribution in [-0.4, -0.2) is 24.6 Å². The molecule has 78 valence electrons. The highest BCUT2D eigenvalue weighted by Crippen LogP contribution is 2.17. The van der Waals surface area contributed by atoms with Gasteiger partial charge in [0.05, 0.1) is 7.11 Å². The number of aryl methyl sites for hydroxylation is 1. The molecule has 0 unspecified atom stereocenters. The Labute approximate surface area is 87.3 Å². The summed E-state index contributed by atoms with van der Waals surface area (Å²) in [6.45, 7) is 5.51. The lowest BCUT2D eigenvalue weighted by atomic mass is 10.4. The number of aromatic nitrogens is 1. The van der Waals surface area contributed by atoms with Crippen molar-refractivity contribution in [1.82, 2.24) is 10.3 Å². The van der Waals surface area contributed by atoms with Gasteiger partial charge in [0.25, 0.3) is 0 Å². The van der Waals surface area contributed by atoms with Gasteiger partial charge in [0, 0.05) is 11.4 Å². The third-order valence-corrected chi connectivity index (χ3v) is 2.72. The van der Waals surface area contributed by atoms with Crippen LogP contribution in [0.3, 0.4) is 0 Å². The average molecular weight is 214 g/mol. The lowest BCUT2D eigenvalue weighted by molar-refractivity contribution is 0.0594. The van der Waals surface area contributed by atoms with Crippen molar-refractivity contribution in [3.05, 3.63) is 15.6 Å². The van der Waals surface area contributed by atoms with E-state index < -0.39 is 0 Å². The zero-order valence-corrected chi connectivity index (χ0v) is 9.40. The number of esters is 1. The number of nitrogens with one attached hydrogen (secondary N) is 1. The molecule has 1 aromatic heterocycles. The Morgan fingerprint density at radius 3 is 2.93 bits per heavy atom. The number of hydrogen-bond donors (Lipinski definition) is 1. The standard InChI is InChI=1S/C9H14N2O2S/c1-4-10-5-7-11-8(6(2)14-7)9(12)13-3/h10H,4-5H2,1-3H3. The van der Waals surface area contributed by atoms with Gasteiger partial charge in [-0.15, -0.1) is 11.3 Å². The molecule has 14 heavy (non-hydrogen) atoms. The average Bonchev–Trinajstić information content (AvgIpc) is 2.55. The highest BCUT2D eigenvalue weighted by Gasteiger charge is 2.14. The summed E-state index contributed by atoms with van der Waals surface area (Å²) < 4.78 is 4.62. The van der Waals surface area contributed by atoms with Gasteiger partial charge < -0.3 is 10.1 Å². The first-order chi connectivity index (χ1) is 6.69. The van der Waals surface area contributed by atoms with Crippen LogP contribution in [0.25, 0.3) is 0 Å². The SMILES string of the molecule is CCNCc1nc(C(=O)OC)c(C)s1. The molecular weight excluding hydrogens is 200 g/mol. The first-order valence-corrected chi connectivity index (χ1v) is 5.26. The molecule has 0 fully saturated rings. The zero-order valence-electron chi connectivity index (χ0n) is 8.59. The molecule has 1 rings (SSSR count). The zero-order chi connectivity index (χ0) is 10.6. The maximum atomic E-state index is 11.2. The van der Waals surface area contributed by atoms with Crippen LogP contribution in [0.15, 0.2) is 0 Å². The summed E-state index contributed by atoms with van der Waals surface area (Å²) in [7, 11) is 1.37. The third-order valence-electron chi connectivity index (χ3n) is 1.75. The van der Waals surface area contributed by atoms with Crippen LogP contribution in [0.2, 0.25) is 0 Å². The van der Waals surface area contributed by atoms with Crippen molar-refractivity contribution in [3.8, 4) is 0 Å². The van der Waals surface area contributed by atoms with Gasteiger partial charge in [0.1, 0.15) is 5.01 Å². The predicted molar refractivity (Wildman–Crippen MR) is 55.6 cm³/mol. The minimum absolute atomic E-state index is 0.360. The summed E-state index contributed by atoms with van der Waals surface area (Å²) in [5.41, 5.74) is 0.436. The van der Waals surface area contributed by atoms with Crippen LogP contribution in [0, 0.1) is 6.92 Å². The van der Waals surface area contributed by atoms with Gasteiger partial charge in [-0.1, -0.05) is 6.92 Å². The number of rotatable bonds is 4. The van der Waals surface area contributed by atoms with Gasteiger partial charge in [0.2, 0.25) is 0 Å². The molecule has 0 bridgehead atoms. The lowest BCUT2D eigenvalue weighted by Crippen LogP contribution is -2.12. The molecule has 1 heterocycles. The van der Waals surface area contributed by atoms with Crippen molar-refractivity contribution in [1.29, 1.82) is 0 Å². The van der Waals surface area contributed by atoms with E-state index in [-0.39, 0.29) is 5.97 Å². The lowest BCUT2D eigenvalue weighted by Gasteiger charge is -1.95. The van der Waals surface area contributed by atoms with Crippen LogP contribution in [0.5, 0.6) is 0 Å². The maximum absolute atomic E-state index is 11.2. The number of carbonyl (C=O) groups is 1. The van der Waals surface area contributed by atoms with Gasteiger partial charge >= 0.3 is 5.97 Å². The molecule has 0 aliphatic rings. The second-order valence-corrected chi connectivity index (χ2v) is 4.07. The fourth-order valence-electron chi connectivity index (χ4n) is 1.04. The van der Waals surface area contributed by atoms with Crippen LogP contribution in [-0.2, 0) is 11.3 Å². The molecule has 5 heteroatoms. The van der Waals surface area contributed by atoms with Crippen molar-refractivity contribution in [2.24, 2.45) is 0 Å². The fraction of sp³-hybridized carbons (Fsp3) is 0.556. The second-order valence-electron chi connectivity index (χ2n) is 2.78. The summed E-state index contributed by atoms with van der Waals surface area (Å²) in [5.74, 6) is -0.360. The predicted octanol–water partition coefficient (Wildman–Crippen LogP) is 1.35. The number of methoxy groups -OCH3 is 1. The molecule has 4 nitrogen and oxygen atoms in total. The van der Waals surface area contributed by atoms with E-state index in [1.807, 2.05) is 13.8 Å². The van der Waals surface area contributed by atoms with E-state index in [0.717, 1.165) is 16.4 Å². The molecular formula is C9H14N2O2S. The van der Waals surface area contributed by atoms with Crippen LogP contribution in [0.4, 0.5) is 0 Å². The Morgan fingerprint density at radius 2 is 2.36 bits per heavy atom. The van der Waals surface area contributed by atoms with Gasteiger partial charge in [-0.2, -0.15) is 0 Å². The normalized spacial score (nSPS) is 10.2. The molecule has 0 aliphatic heterocycles. The Kier molecular flexibility index (Phi) is 4.03. The van der Waals surface area contributed by atoms with E-state index in [0.29, 0.717) is 12.2 Å². The third kappa shape index (κ3) is 2.52. The molecule has 0 spiro atoms. The first kappa shape index (κ1) is 11.1. The second kappa shape index (κ2) is 5.07. The maximum Gasteiger partial charge on any atom is 0.357 e. The van der Waals surface area contributed by atoms with Crippen LogP contribution < -0.4 is 5.32 Å². The Balaban J connectivity index is 2.77. The quantitative estimate of drug-likeness (QED) is 0.769. The molecule has 0 amide bonds. The summed E-state index contributed by atoms with van der Waals surface area (Å²) in [4.78, 5) is 16.3. The smallest absolute Gasteiger partial charge is 0.357 e. The minimum atomic E-state index is -0.360. The van der Waals surface area contributed by atoms with Gasteiger partial charge in [-0.3, -0.25) is 0 Å². The number of ether oxygens (including phenoxy) is 1. The molecule has 1 N–H and O–H groups in total. The largest absolute Gasteiger partial charge is 0.464 e. The highest BCUT2D eigenvalue weighted by atomic mass is 32.1. The van der Waals surface area contributed by atoms with Crippen molar-refractivity contribution in [3.63, 3.8) is 0 Å². The number of thiazole rings is 1. The van der Waals surface area contributed by atoms with E-state index >= 15 is 0 Å². The highest BCUT2D eigenvalue weighted by molar-refractivity contribution is 7.11. The van der Waals surface area contributed by atoms with Crippen LogP contribution >= 0.6 is 11.3 Å². The van der Waals surface area contributed by atoms with E-state index in [4.69, 9.17) is 0 Å². The van der Waals surface area contributed by atoms with E-state index in [2.05, 4.69) is 15.0 Å². The van der Waals surface area contributed by atoms with E-state index in [9.17, 15) is 4.79 Å². The molecule has 1 aromatic rings. The van der Waals surface area contributed by atoms with Crippen LogP contribution in [0.1, 0.15) is 27.3 Å². The van der Waals surface area contributed by atoms with Crippen molar-refractivity contribution in [2.75, 3.05) is 13.7 Å². The molecule has 0 atom stereocenters. The molecule has 0 saturated carbocycles.